The molecule has 1 aliphatic rings. The van der Waals surface area contributed by atoms with Crippen molar-refractivity contribution in [2.24, 2.45) is 11.3 Å². The first-order chi connectivity index (χ1) is 7.51. The van der Waals surface area contributed by atoms with E-state index in [0.29, 0.717) is 0 Å². The zero-order chi connectivity index (χ0) is 13.4. The first-order valence-corrected chi connectivity index (χ1v) is 5.31. The van der Waals surface area contributed by atoms with Crippen LogP contribution in [-0.4, -0.2) is 24.0 Å². The summed E-state index contributed by atoms with van der Waals surface area (Å²) in [5, 5.41) is 0. The van der Waals surface area contributed by atoms with Crippen molar-refractivity contribution in [3.05, 3.63) is 0 Å². The highest BCUT2D eigenvalue weighted by Crippen LogP contribution is 2.39. The molecule has 2 atom stereocenters. The van der Waals surface area contributed by atoms with E-state index in [-0.39, 0.29) is 12.2 Å². The number of rotatable bonds is 2. The summed E-state index contributed by atoms with van der Waals surface area (Å²) >= 11 is 0. The van der Waals surface area contributed by atoms with Gasteiger partial charge in [-0.2, -0.15) is 13.2 Å². The Morgan fingerprint density at radius 1 is 1.35 bits per heavy atom. The fraction of sp³-hybridized carbons (Fsp3) is 0.818. The number of carbonyl (C=O) groups is 2. The van der Waals surface area contributed by atoms with Crippen LogP contribution in [0.3, 0.4) is 0 Å². The summed E-state index contributed by atoms with van der Waals surface area (Å²) in [5.74, 6) is -3.09. The molecule has 0 N–H and O–H groups in total. The van der Waals surface area contributed by atoms with Crippen LogP contribution in [0.15, 0.2) is 0 Å². The molecule has 0 amide bonds. The standard InChI is InChI=1S/C11H15F3O3/c1-10(2,3)8(15)5-7-6(11(12,13)14)4-9(16)17-7/h6-7H,4-5H2,1-3H3/t6-,7+/m1/s1. The quantitative estimate of drug-likeness (QED) is 0.709. The number of ether oxygens (including phenoxy) is 1. The molecule has 0 aromatic heterocycles. The summed E-state index contributed by atoms with van der Waals surface area (Å²) < 4.78 is 42.3. The molecule has 3 nitrogen and oxygen atoms in total. The maximum atomic E-state index is 12.6. The predicted octanol–water partition coefficient (Wildman–Crippen LogP) is 2.49. The maximum absolute atomic E-state index is 12.6. The highest BCUT2D eigenvalue weighted by molar-refractivity contribution is 5.85. The molecular formula is C11H15F3O3. The van der Waals surface area contributed by atoms with E-state index in [9.17, 15) is 22.8 Å². The average Bonchev–Trinajstić information content (AvgIpc) is 2.44. The third kappa shape index (κ3) is 3.44. The molecule has 1 heterocycles. The molecule has 0 aliphatic carbocycles. The van der Waals surface area contributed by atoms with E-state index in [1.54, 1.807) is 20.8 Å². The van der Waals surface area contributed by atoms with E-state index < -0.39 is 36.0 Å². The highest BCUT2D eigenvalue weighted by atomic mass is 19.4. The molecular weight excluding hydrogens is 237 g/mol. The van der Waals surface area contributed by atoms with Crippen LogP contribution in [0, 0.1) is 11.3 Å². The number of hydrogen-bond acceptors (Lipinski definition) is 3. The number of alkyl halides is 3. The molecule has 0 radical (unpaired) electrons. The topological polar surface area (TPSA) is 43.4 Å². The monoisotopic (exact) mass is 252 g/mol. The van der Waals surface area contributed by atoms with Crippen LogP contribution in [0.5, 0.6) is 0 Å². The molecule has 1 aliphatic heterocycles. The SMILES string of the molecule is CC(C)(C)C(=O)C[C@@H]1OC(=O)C[C@H]1C(F)(F)F. The third-order valence-corrected chi connectivity index (χ3v) is 2.76. The van der Waals surface area contributed by atoms with Crippen molar-refractivity contribution in [1.29, 1.82) is 0 Å². The van der Waals surface area contributed by atoms with Gasteiger partial charge < -0.3 is 4.74 Å². The Morgan fingerprint density at radius 3 is 2.29 bits per heavy atom. The van der Waals surface area contributed by atoms with Crippen molar-refractivity contribution < 1.29 is 27.5 Å². The lowest BCUT2D eigenvalue weighted by Crippen LogP contribution is -2.34. The number of ketones is 1. The fourth-order valence-electron chi connectivity index (χ4n) is 1.61. The molecule has 0 unspecified atom stereocenters. The normalized spacial score (nSPS) is 25.9. The lowest BCUT2D eigenvalue weighted by Gasteiger charge is -2.23. The first-order valence-electron chi connectivity index (χ1n) is 5.31. The summed E-state index contributed by atoms with van der Waals surface area (Å²) in [7, 11) is 0. The number of halogens is 3. The Labute approximate surface area is 97.3 Å². The minimum absolute atomic E-state index is 0.341. The average molecular weight is 252 g/mol. The second-order valence-electron chi connectivity index (χ2n) is 5.26. The third-order valence-electron chi connectivity index (χ3n) is 2.76. The molecule has 17 heavy (non-hydrogen) atoms. The largest absolute Gasteiger partial charge is 0.461 e. The van der Waals surface area contributed by atoms with Gasteiger partial charge in [0.15, 0.2) is 0 Å². The smallest absolute Gasteiger partial charge is 0.395 e. The molecule has 0 spiro atoms. The number of carbonyl (C=O) groups excluding carboxylic acids is 2. The molecule has 0 aromatic carbocycles. The Hall–Kier alpha value is -1.07. The van der Waals surface area contributed by atoms with Gasteiger partial charge in [-0.3, -0.25) is 9.59 Å². The van der Waals surface area contributed by atoms with Gasteiger partial charge in [0.1, 0.15) is 17.8 Å². The summed E-state index contributed by atoms with van der Waals surface area (Å²) in [6.45, 7) is 4.86. The molecule has 0 aromatic rings. The zero-order valence-electron chi connectivity index (χ0n) is 9.93. The van der Waals surface area contributed by atoms with Crippen molar-refractivity contribution in [2.75, 3.05) is 0 Å². The van der Waals surface area contributed by atoms with Crippen LogP contribution < -0.4 is 0 Å². The molecule has 1 rings (SSSR count). The van der Waals surface area contributed by atoms with Gasteiger partial charge in [0.05, 0.1) is 6.42 Å². The van der Waals surface area contributed by atoms with Crippen molar-refractivity contribution in [3.8, 4) is 0 Å². The molecule has 0 saturated carbocycles. The van der Waals surface area contributed by atoms with E-state index in [0.717, 1.165) is 0 Å². The fourth-order valence-corrected chi connectivity index (χ4v) is 1.61. The van der Waals surface area contributed by atoms with E-state index >= 15 is 0 Å². The highest BCUT2D eigenvalue weighted by Gasteiger charge is 2.52. The van der Waals surface area contributed by atoms with Gasteiger partial charge in [-0.05, 0) is 0 Å². The van der Waals surface area contributed by atoms with Crippen molar-refractivity contribution in [1.82, 2.24) is 0 Å². The van der Waals surface area contributed by atoms with Crippen LogP contribution in [0.2, 0.25) is 0 Å². The predicted molar refractivity (Wildman–Crippen MR) is 53.1 cm³/mol. The van der Waals surface area contributed by atoms with Gasteiger partial charge in [0.2, 0.25) is 0 Å². The van der Waals surface area contributed by atoms with E-state index in [2.05, 4.69) is 4.74 Å². The van der Waals surface area contributed by atoms with E-state index in [1.165, 1.54) is 0 Å². The summed E-state index contributed by atoms with van der Waals surface area (Å²) in [4.78, 5) is 22.5. The van der Waals surface area contributed by atoms with Crippen LogP contribution >= 0.6 is 0 Å². The minimum Gasteiger partial charge on any atom is -0.461 e. The van der Waals surface area contributed by atoms with Gasteiger partial charge in [-0.25, -0.2) is 0 Å². The number of cyclic esters (lactones) is 1. The molecule has 6 heteroatoms. The van der Waals surface area contributed by atoms with Crippen LogP contribution in [0.1, 0.15) is 33.6 Å². The maximum Gasteiger partial charge on any atom is 0.395 e. The van der Waals surface area contributed by atoms with E-state index in [1.807, 2.05) is 0 Å². The number of Topliss-reactive ketones (excluding diaryl/α,β-unsaturated/α-hetero) is 1. The van der Waals surface area contributed by atoms with Gasteiger partial charge in [-0.15, -0.1) is 0 Å². The zero-order valence-corrected chi connectivity index (χ0v) is 9.93. The summed E-state index contributed by atoms with van der Waals surface area (Å²) in [5.41, 5.74) is -0.731. The summed E-state index contributed by atoms with van der Waals surface area (Å²) in [6.07, 6.45) is -6.94. The molecule has 0 bridgehead atoms. The lowest BCUT2D eigenvalue weighted by molar-refractivity contribution is -0.187. The van der Waals surface area contributed by atoms with Gasteiger partial charge in [-0.1, -0.05) is 20.8 Å². The summed E-state index contributed by atoms with van der Waals surface area (Å²) in [6, 6.07) is 0. The van der Waals surface area contributed by atoms with Gasteiger partial charge >= 0.3 is 12.1 Å². The van der Waals surface area contributed by atoms with Crippen LogP contribution in [0.4, 0.5) is 13.2 Å². The van der Waals surface area contributed by atoms with Crippen molar-refractivity contribution in [3.63, 3.8) is 0 Å². The first kappa shape index (κ1) is 14.0. The second-order valence-corrected chi connectivity index (χ2v) is 5.26. The molecule has 1 saturated heterocycles. The Morgan fingerprint density at radius 2 is 1.88 bits per heavy atom. The molecule has 98 valence electrons. The van der Waals surface area contributed by atoms with Crippen LogP contribution in [-0.2, 0) is 14.3 Å². The molecule has 1 fully saturated rings. The second kappa shape index (κ2) is 4.31. The van der Waals surface area contributed by atoms with Gasteiger partial charge in [0.25, 0.3) is 0 Å². The number of esters is 1. The van der Waals surface area contributed by atoms with Crippen molar-refractivity contribution >= 4 is 11.8 Å². The number of hydrogen-bond donors (Lipinski definition) is 0. The van der Waals surface area contributed by atoms with Gasteiger partial charge in [0, 0.05) is 11.8 Å². The lowest BCUT2D eigenvalue weighted by atomic mass is 9.85. The Bertz CT molecular complexity index is 328. The van der Waals surface area contributed by atoms with Crippen molar-refractivity contribution in [2.45, 2.75) is 45.9 Å². The van der Waals surface area contributed by atoms with E-state index in [4.69, 9.17) is 0 Å². The van der Waals surface area contributed by atoms with Crippen LogP contribution in [0.25, 0.3) is 0 Å². The Kier molecular flexibility index (Phi) is 3.55. The minimum atomic E-state index is -4.50. The Balaban J connectivity index is 2.76.